The van der Waals surface area contributed by atoms with Crippen LogP contribution in [0.4, 0.5) is 5.69 Å². The molecule has 0 radical (unpaired) electrons. The van der Waals surface area contributed by atoms with Crippen LogP contribution in [0.5, 0.6) is 0 Å². The van der Waals surface area contributed by atoms with E-state index in [0.29, 0.717) is 13.1 Å². The zero-order valence-corrected chi connectivity index (χ0v) is 15.7. The van der Waals surface area contributed by atoms with Crippen molar-refractivity contribution in [2.45, 2.75) is 40.2 Å². The van der Waals surface area contributed by atoms with Gasteiger partial charge in [-0.3, -0.25) is 9.59 Å². The summed E-state index contributed by atoms with van der Waals surface area (Å²) < 4.78 is 0. The van der Waals surface area contributed by atoms with Crippen molar-refractivity contribution in [3.8, 4) is 0 Å². The molecule has 0 saturated carbocycles. The third kappa shape index (κ3) is 3.96. The summed E-state index contributed by atoms with van der Waals surface area (Å²) in [5, 5.41) is 2.97. The van der Waals surface area contributed by atoms with E-state index in [2.05, 4.69) is 24.4 Å². The van der Waals surface area contributed by atoms with Crippen LogP contribution in [0.2, 0.25) is 0 Å². The van der Waals surface area contributed by atoms with E-state index in [9.17, 15) is 9.59 Å². The molecule has 2 aromatic carbocycles. The van der Waals surface area contributed by atoms with Gasteiger partial charge in [-0.2, -0.15) is 0 Å². The molecule has 1 N–H and O–H groups in total. The molecule has 1 aliphatic heterocycles. The number of benzene rings is 2. The lowest BCUT2D eigenvalue weighted by Crippen LogP contribution is -2.32. The fraction of sp³-hybridized carbons (Fsp3) is 0.364. The van der Waals surface area contributed by atoms with Gasteiger partial charge in [0.15, 0.2) is 0 Å². The molecule has 1 fully saturated rings. The summed E-state index contributed by atoms with van der Waals surface area (Å²) in [4.78, 5) is 26.6. The second kappa shape index (κ2) is 7.73. The summed E-state index contributed by atoms with van der Waals surface area (Å²) in [6.45, 7) is 7.15. The summed E-state index contributed by atoms with van der Waals surface area (Å²) in [6.07, 6.45) is 1.28. The van der Waals surface area contributed by atoms with Crippen molar-refractivity contribution < 1.29 is 9.59 Å². The molecule has 0 spiro atoms. The topological polar surface area (TPSA) is 49.4 Å². The van der Waals surface area contributed by atoms with E-state index >= 15 is 0 Å². The fourth-order valence-corrected chi connectivity index (χ4v) is 3.25. The first-order valence-corrected chi connectivity index (χ1v) is 9.21. The highest BCUT2D eigenvalue weighted by Gasteiger charge is 2.35. The number of aryl methyl sites for hydroxylation is 3. The maximum atomic E-state index is 12.5. The van der Waals surface area contributed by atoms with E-state index in [0.717, 1.165) is 23.2 Å². The number of amides is 2. The number of nitrogens with one attached hydrogen (secondary N) is 1. The van der Waals surface area contributed by atoms with Crippen molar-refractivity contribution in [1.29, 1.82) is 0 Å². The molecule has 1 atom stereocenters. The normalized spacial score (nSPS) is 16.8. The van der Waals surface area contributed by atoms with Crippen molar-refractivity contribution >= 4 is 17.5 Å². The Morgan fingerprint density at radius 2 is 1.77 bits per heavy atom. The minimum absolute atomic E-state index is 0.0145. The average molecular weight is 350 g/mol. The highest BCUT2D eigenvalue weighted by Crippen LogP contribution is 2.27. The molecule has 0 aliphatic carbocycles. The molecule has 0 aromatic heterocycles. The lowest BCUT2D eigenvalue weighted by molar-refractivity contribution is -0.126. The number of anilines is 1. The summed E-state index contributed by atoms with van der Waals surface area (Å²) in [7, 11) is 0. The van der Waals surface area contributed by atoms with E-state index in [1.807, 2.05) is 44.2 Å². The predicted molar refractivity (Wildman–Crippen MR) is 104 cm³/mol. The standard InChI is InChI=1S/C22H26N2O2/c1-4-17-6-8-18(9-7-17)13-23-22(26)19-12-21(25)24(14-19)20-10-5-15(2)16(3)11-20/h5-11,19H,4,12-14H2,1-3H3,(H,23,26)/t19-/m0/s1. The average Bonchev–Trinajstić information content (AvgIpc) is 3.04. The van der Waals surface area contributed by atoms with Crippen LogP contribution in [0, 0.1) is 19.8 Å². The zero-order chi connectivity index (χ0) is 18.7. The first-order chi connectivity index (χ1) is 12.5. The van der Waals surface area contributed by atoms with Gasteiger partial charge in [-0.15, -0.1) is 0 Å². The Hall–Kier alpha value is -2.62. The third-order valence-corrected chi connectivity index (χ3v) is 5.20. The highest BCUT2D eigenvalue weighted by molar-refractivity contribution is 6.00. The Labute approximate surface area is 155 Å². The molecule has 1 heterocycles. The molecule has 4 nitrogen and oxygen atoms in total. The largest absolute Gasteiger partial charge is 0.352 e. The Kier molecular flexibility index (Phi) is 5.40. The summed E-state index contributed by atoms with van der Waals surface area (Å²) in [5.41, 5.74) is 5.59. The Morgan fingerprint density at radius 3 is 2.42 bits per heavy atom. The van der Waals surface area contributed by atoms with Crippen molar-refractivity contribution in [3.05, 3.63) is 64.7 Å². The molecule has 1 aliphatic rings. The van der Waals surface area contributed by atoms with Crippen LogP contribution in [0.15, 0.2) is 42.5 Å². The summed E-state index contributed by atoms with van der Waals surface area (Å²) in [5.74, 6) is -0.330. The van der Waals surface area contributed by atoms with E-state index in [-0.39, 0.29) is 24.2 Å². The number of carbonyl (C=O) groups excluding carboxylic acids is 2. The molecule has 3 rings (SSSR count). The fourth-order valence-electron chi connectivity index (χ4n) is 3.25. The Bertz CT molecular complexity index is 811. The van der Waals surface area contributed by atoms with E-state index in [1.54, 1.807) is 4.90 Å². The quantitative estimate of drug-likeness (QED) is 0.897. The first-order valence-electron chi connectivity index (χ1n) is 9.21. The third-order valence-electron chi connectivity index (χ3n) is 5.20. The number of hydrogen-bond donors (Lipinski definition) is 1. The van der Waals surface area contributed by atoms with Crippen LogP contribution >= 0.6 is 0 Å². The SMILES string of the molecule is CCc1ccc(CNC(=O)[C@H]2CC(=O)N(c3ccc(C)c(C)c3)C2)cc1. The van der Waals surface area contributed by atoms with E-state index in [4.69, 9.17) is 0 Å². The van der Waals surface area contributed by atoms with Crippen molar-refractivity contribution in [3.63, 3.8) is 0 Å². The number of hydrogen-bond acceptors (Lipinski definition) is 2. The molecule has 1 saturated heterocycles. The van der Waals surface area contributed by atoms with Crippen LogP contribution in [-0.2, 0) is 22.6 Å². The molecule has 0 bridgehead atoms. The van der Waals surface area contributed by atoms with Crippen LogP contribution in [0.1, 0.15) is 35.6 Å². The minimum atomic E-state index is -0.293. The molecule has 0 unspecified atom stereocenters. The van der Waals surface area contributed by atoms with Crippen LogP contribution < -0.4 is 10.2 Å². The summed E-state index contributed by atoms with van der Waals surface area (Å²) >= 11 is 0. The van der Waals surface area contributed by atoms with Gasteiger partial charge in [0.25, 0.3) is 0 Å². The van der Waals surface area contributed by atoms with Gasteiger partial charge in [-0.1, -0.05) is 37.3 Å². The first kappa shape index (κ1) is 18.2. The van der Waals surface area contributed by atoms with E-state index in [1.165, 1.54) is 11.1 Å². The van der Waals surface area contributed by atoms with Gasteiger partial charge in [0.2, 0.25) is 11.8 Å². The zero-order valence-electron chi connectivity index (χ0n) is 15.7. The van der Waals surface area contributed by atoms with Crippen LogP contribution in [0.3, 0.4) is 0 Å². The van der Waals surface area contributed by atoms with Gasteiger partial charge in [-0.05, 0) is 54.7 Å². The molecular formula is C22H26N2O2. The van der Waals surface area contributed by atoms with Gasteiger partial charge in [0.1, 0.15) is 0 Å². The van der Waals surface area contributed by atoms with Gasteiger partial charge in [0, 0.05) is 25.2 Å². The van der Waals surface area contributed by atoms with E-state index < -0.39 is 0 Å². The minimum Gasteiger partial charge on any atom is -0.352 e. The van der Waals surface area contributed by atoms with Crippen molar-refractivity contribution in [1.82, 2.24) is 5.32 Å². The van der Waals surface area contributed by atoms with Gasteiger partial charge in [0.05, 0.1) is 5.92 Å². The van der Waals surface area contributed by atoms with Gasteiger partial charge in [-0.25, -0.2) is 0 Å². The molecule has 2 aromatic rings. The van der Waals surface area contributed by atoms with Crippen LogP contribution in [0.25, 0.3) is 0 Å². The van der Waals surface area contributed by atoms with Crippen molar-refractivity contribution in [2.24, 2.45) is 5.92 Å². The van der Waals surface area contributed by atoms with Crippen LogP contribution in [-0.4, -0.2) is 18.4 Å². The molecule has 136 valence electrons. The molecule has 26 heavy (non-hydrogen) atoms. The van der Waals surface area contributed by atoms with Gasteiger partial charge >= 0.3 is 0 Å². The number of carbonyl (C=O) groups is 2. The second-order valence-corrected chi connectivity index (χ2v) is 7.06. The number of rotatable bonds is 5. The molecule has 2 amide bonds. The maximum Gasteiger partial charge on any atom is 0.227 e. The lowest BCUT2D eigenvalue weighted by atomic mass is 10.1. The lowest BCUT2D eigenvalue weighted by Gasteiger charge is -2.18. The Balaban J connectivity index is 1.60. The number of nitrogens with zero attached hydrogens (tertiary/aromatic N) is 1. The van der Waals surface area contributed by atoms with Gasteiger partial charge < -0.3 is 10.2 Å². The molecule has 4 heteroatoms. The second-order valence-electron chi connectivity index (χ2n) is 7.06. The smallest absolute Gasteiger partial charge is 0.227 e. The monoisotopic (exact) mass is 350 g/mol. The summed E-state index contributed by atoms with van der Waals surface area (Å²) in [6, 6.07) is 14.2. The Morgan fingerprint density at radius 1 is 1.08 bits per heavy atom. The predicted octanol–water partition coefficient (Wildman–Crippen LogP) is 3.54. The highest BCUT2D eigenvalue weighted by atomic mass is 16.2. The van der Waals surface area contributed by atoms with Crippen molar-refractivity contribution in [2.75, 3.05) is 11.4 Å². The molecular weight excluding hydrogens is 324 g/mol. The maximum absolute atomic E-state index is 12.5.